The van der Waals surface area contributed by atoms with E-state index in [0.29, 0.717) is 0 Å². The molecule has 1 aromatic rings. The maximum Gasteiger partial charge on any atom is 0.0346 e. The second-order valence-corrected chi connectivity index (χ2v) is 4.66. The summed E-state index contributed by atoms with van der Waals surface area (Å²) >= 11 is 0. The summed E-state index contributed by atoms with van der Waals surface area (Å²) in [6, 6.07) is 0. The average molecular weight is 238 g/mol. The molecule has 1 aromatic carbocycles. The van der Waals surface area contributed by atoms with Gasteiger partial charge in [-0.3, -0.25) is 0 Å². The summed E-state index contributed by atoms with van der Waals surface area (Å²) in [5.41, 5.74) is 8.32. The third-order valence-electron chi connectivity index (χ3n) is 3.84. The minimum Gasteiger partial charge on any atom is -0.106 e. The maximum absolute atomic E-state index is 3.20. The van der Waals surface area contributed by atoms with Gasteiger partial charge in [-0.1, -0.05) is 11.8 Å². The lowest BCUT2D eigenvalue weighted by Crippen LogP contribution is -2.05. The fourth-order valence-corrected chi connectivity index (χ4v) is 2.30. The molecule has 0 aromatic heterocycles. The van der Waals surface area contributed by atoms with Crippen LogP contribution in [0.4, 0.5) is 0 Å². The predicted molar refractivity (Wildman–Crippen MR) is 79.7 cm³/mol. The third-order valence-corrected chi connectivity index (χ3v) is 3.84. The summed E-state index contributed by atoms with van der Waals surface area (Å²) in [6.07, 6.45) is 1.68. The van der Waals surface area contributed by atoms with E-state index in [-0.39, 0.29) is 0 Å². The summed E-state index contributed by atoms with van der Waals surface area (Å²) < 4.78 is 0. The Kier molecular flexibility index (Phi) is 5.06. The van der Waals surface area contributed by atoms with Crippen LogP contribution in [-0.2, 0) is 12.8 Å². The van der Waals surface area contributed by atoms with Gasteiger partial charge in [0.25, 0.3) is 0 Å². The molecule has 0 fully saturated rings. The molecule has 0 heterocycles. The molecule has 0 saturated heterocycles. The first-order valence-electron chi connectivity index (χ1n) is 6.41. The highest BCUT2D eigenvalue weighted by atomic mass is 14.2. The van der Waals surface area contributed by atoms with Crippen LogP contribution in [0.1, 0.15) is 47.2 Å². The first-order valence-corrected chi connectivity index (χ1v) is 6.41. The van der Waals surface area contributed by atoms with Crippen LogP contribution in [0.15, 0.2) is 0 Å². The SMILES string of the molecule is CC#CCc1c(C)c(C)c(C)c(C)c1CC#CC. The van der Waals surface area contributed by atoms with Crippen LogP contribution in [0.25, 0.3) is 0 Å². The van der Waals surface area contributed by atoms with Crippen LogP contribution >= 0.6 is 0 Å². The van der Waals surface area contributed by atoms with E-state index in [2.05, 4.69) is 51.4 Å². The first kappa shape index (κ1) is 14.4. The van der Waals surface area contributed by atoms with Crippen LogP contribution in [0.2, 0.25) is 0 Å². The van der Waals surface area contributed by atoms with Crippen molar-refractivity contribution in [2.24, 2.45) is 0 Å². The smallest absolute Gasteiger partial charge is 0.0346 e. The van der Waals surface area contributed by atoms with Crippen molar-refractivity contribution in [2.75, 3.05) is 0 Å². The summed E-state index contributed by atoms with van der Waals surface area (Å²) in [7, 11) is 0. The molecule has 0 unspecified atom stereocenters. The average Bonchev–Trinajstić information content (AvgIpc) is 2.38. The molecule has 0 aliphatic rings. The fraction of sp³-hybridized carbons (Fsp3) is 0.444. The summed E-state index contributed by atoms with van der Waals surface area (Å²) in [6.45, 7) is 12.6. The standard InChI is InChI=1S/C18H22/c1-7-9-11-17-15(5)13(3)14(4)16(6)18(17)12-10-8-2/h11-12H2,1-6H3. The lowest BCUT2D eigenvalue weighted by atomic mass is 9.86. The molecule has 0 heteroatoms. The van der Waals surface area contributed by atoms with Gasteiger partial charge < -0.3 is 0 Å². The van der Waals surface area contributed by atoms with Gasteiger partial charge in [0.15, 0.2) is 0 Å². The highest BCUT2D eigenvalue weighted by molar-refractivity contribution is 5.52. The van der Waals surface area contributed by atoms with Crippen molar-refractivity contribution in [1.29, 1.82) is 0 Å². The Morgan fingerprint density at radius 2 is 0.944 bits per heavy atom. The normalized spacial score (nSPS) is 9.22. The predicted octanol–water partition coefficient (Wildman–Crippen LogP) is 4.05. The molecule has 0 atom stereocenters. The van der Waals surface area contributed by atoms with E-state index in [1.165, 1.54) is 33.4 Å². The molecular formula is C18H22. The number of rotatable bonds is 2. The largest absolute Gasteiger partial charge is 0.106 e. The highest BCUT2D eigenvalue weighted by Crippen LogP contribution is 2.27. The van der Waals surface area contributed by atoms with E-state index in [1.807, 2.05) is 13.8 Å². The molecule has 0 saturated carbocycles. The fourth-order valence-electron chi connectivity index (χ4n) is 2.30. The number of hydrogen-bond acceptors (Lipinski definition) is 0. The van der Waals surface area contributed by atoms with Gasteiger partial charge in [0.2, 0.25) is 0 Å². The topological polar surface area (TPSA) is 0 Å². The molecule has 0 bridgehead atoms. The van der Waals surface area contributed by atoms with Crippen molar-refractivity contribution in [3.8, 4) is 23.7 Å². The monoisotopic (exact) mass is 238 g/mol. The van der Waals surface area contributed by atoms with E-state index in [1.54, 1.807) is 0 Å². The molecule has 0 amide bonds. The second-order valence-electron chi connectivity index (χ2n) is 4.66. The van der Waals surface area contributed by atoms with E-state index in [4.69, 9.17) is 0 Å². The second kappa shape index (κ2) is 6.32. The molecule has 0 radical (unpaired) electrons. The van der Waals surface area contributed by atoms with Gasteiger partial charge in [-0.2, -0.15) is 0 Å². The van der Waals surface area contributed by atoms with E-state index >= 15 is 0 Å². The Bertz CT molecular complexity index is 513. The van der Waals surface area contributed by atoms with Crippen LogP contribution in [-0.4, -0.2) is 0 Å². The molecule has 0 aliphatic carbocycles. The molecule has 94 valence electrons. The van der Waals surface area contributed by atoms with Crippen molar-refractivity contribution >= 4 is 0 Å². The zero-order valence-corrected chi connectivity index (χ0v) is 12.4. The molecule has 0 spiro atoms. The van der Waals surface area contributed by atoms with E-state index < -0.39 is 0 Å². The van der Waals surface area contributed by atoms with Gasteiger partial charge in [0.1, 0.15) is 0 Å². The van der Waals surface area contributed by atoms with Crippen molar-refractivity contribution in [3.05, 3.63) is 33.4 Å². The molecule has 18 heavy (non-hydrogen) atoms. The molecule has 0 nitrogen and oxygen atoms in total. The number of hydrogen-bond donors (Lipinski definition) is 0. The van der Waals surface area contributed by atoms with Gasteiger partial charge >= 0.3 is 0 Å². The van der Waals surface area contributed by atoms with Gasteiger partial charge in [-0.05, 0) is 74.9 Å². The zero-order chi connectivity index (χ0) is 13.7. The quantitative estimate of drug-likeness (QED) is 0.682. The Labute approximate surface area is 112 Å². The Morgan fingerprint density at radius 3 is 1.22 bits per heavy atom. The van der Waals surface area contributed by atoms with Crippen molar-refractivity contribution in [2.45, 2.75) is 54.4 Å². The van der Waals surface area contributed by atoms with E-state index in [0.717, 1.165) is 12.8 Å². The zero-order valence-electron chi connectivity index (χ0n) is 12.4. The molecular weight excluding hydrogens is 216 g/mol. The Hall–Kier alpha value is -1.66. The van der Waals surface area contributed by atoms with Gasteiger partial charge in [-0.15, -0.1) is 11.8 Å². The minimum absolute atomic E-state index is 0.838. The van der Waals surface area contributed by atoms with Gasteiger partial charge in [0.05, 0.1) is 0 Å². The van der Waals surface area contributed by atoms with Crippen molar-refractivity contribution in [1.82, 2.24) is 0 Å². The number of benzene rings is 1. The lowest BCUT2D eigenvalue weighted by Gasteiger charge is -2.18. The Balaban J connectivity index is 3.49. The minimum atomic E-state index is 0.838. The summed E-state index contributed by atoms with van der Waals surface area (Å²) in [4.78, 5) is 0. The molecule has 0 N–H and O–H groups in total. The van der Waals surface area contributed by atoms with Crippen LogP contribution in [0.3, 0.4) is 0 Å². The summed E-state index contributed by atoms with van der Waals surface area (Å²) in [5, 5.41) is 0. The van der Waals surface area contributed by atoms with E-state index in [9.17, 15) is 0 Å². The molecule has 0 aliphatic heterocycles. The van der Waals surface area contributed by atoms with Gasteiger partial charge in [-0.25, -0.2) is 0 Å². The van der Waals surface area contributed by atoms with Crippen LogP contribution < -0.4 is 0 Å². The maximum atomic E-state index is 3.20. The van der Waals surface area contributed by atoms with Crippen molar-refractivity contribution < 1.29 is 0 Å². The third kappa shape index (κ3) is 2.77. The Morgan fingerprint density at radius 1 is 0.611 bits per heavy atom. The lowest BCUT2D eigenvalue weighted by molar-refractivity contribution is 1.07. The van der Waals surface area contributed by atoms with Crippen molar-refractivity contribution in [3.63, 3.8) is 0 Å². The highest BCUT2D eigenvalue weighted by Gasteiger charge is 2.13. The van der Waals surface area contributed by atoms with Gasteiger partial charge in [0, 0.05) is 12.8 Å². The molecule has 1 rings (SSSR count). The van der Waals surface area contributed by atoms with Crippen LogP contribution in [0, 0.1) is 51.4 Å². The van der Waals surface area contributed by atoms with Crippen LogP contribution in [0.5, 0.6) is 0 Å². The summed E-state index contributed by atoms with van der Waals surface area (Å²) in [5.74, 6) is 12.4. The first-order chi connectivity index (χ1) is 8.54.